The minimum atomic E-state index is -0.376. The molecule has 1 aliphatic rings. The Kier molecular flexibility index (Phi) is 4.71. The molecule has 7 aromatic rings. The lowest BCUT2D eigenvalue weighted by Gasteiger charge is -2.34. The molecule has 0 atom stereocenters. The number of fused-ring (bicyclic) bond motifs is 6. The van der Waals surface area contributed by atoms with Gasteiger partial charge in [0.15, 0.2) is 0 Å². The Morgan fingerprint density at radius 3 is 1.82 bits per heavy atom. The van der Waals surface area contributed by atoms with Gasteiger partial charge in [-0.3, -0.25) is 0 Å². The highest BCUT2D eigenvalue weighted by atomic mass is 32.1. The highest BCUT2D eigenvalue weighted by molar-refractivity contribution is 7.26. The topological polar surface area (TPSA) is 0 Å². The molecule has 6 aromatic carbocycles. The van der Waals surface area contributed by atoms with Crippen LogP contribution >= 0.6 is 11.3 Å². The van der Waals surface area contributed by atoms with E-state index in [4.69, 9.17) is 0 Å². The molecule has 0 radical (unpaired) electrons. The zero-order chi connectivity index (χ0) is 25.1. The van der Waals surface area contributed by atoms with E-state index in [1.807, 2.05) is 11.3 Å². The Hall–Kier alpha value is -4.46. The second-order valence-electron chi connectivity index (χ2n) is 10.1. The van der Waals surface area contributed by atoms with Crippen LogP contribution in [0.15, 0.2) is 146 Å². The van der Waals surface area contributed by atoms with Crippen molar-refractivity contribution in [1.29, 1.82) is 0 Å². The molecule has 1 aliphatic carbocycles. The summed E-state index contributed by atoms with van der Waals surface area (Å²) in [5.41, 5.74) is 10.1. The molecule has 0 N–H and O–H groups in total. The molecule has 38 heavy (non-hydrogen) atoms. The molecule has 0 saturated carbocycles. The maximum atomic E-state index is 2.47. The third kappa shape index (κ3) is 2.91. The Morgan fingerprint density at radius 1 is 0.421 bits per heavy atom. The summed E-state index contributed by atoms with van der Waals surface area (Å²) in [4.78, 5) is 0. The summed E-state index contributed by atoms with van der Waals surface area (Å²) in [5.74, 6) is 0. The maximum Gasteiger partial charge on any atom is 0.0713 e. The average Bonchev–Trinajstić information content (AvgIpc) is 3.52. The molecule has 0 aliphatic heterocycles. The number of hydrogen-bond acceptors (Lipinski definition) is 1. The van der Waals surface area contributed by atoms with Crippen LogP contribution in [0.4, 0.5) is 0 Å². The maximum absolute atomic E-state index is 2.47. The molecule has 8 rings (SSSR count). The highest BCUT2D eigenvalue weighted by Gasteiger charge is 2.46. The number of rotatable bonds is 3. The first-order valence-electron chi connectivity index (χ1n) is 13.1. The second-order valence-corrected chi connectivity index (χ2v) is 11.1. The van der Waals surface area contributed by atoms with Gasteiger partial charge in [-0.2, -0.15) is 0 Å². The molecular weight excluding hydrogens is 476 g/mol. The smallest absolute Gasteiger partial charge is 0.0713 e. The van der Waals surface area contributed by atoms with Crippen molar-refractivity contribution in [2.45, 2.75) is 5.41 Å². The van der Waals surface area contributed by atoms with E-state index in [1.165, 1.54) is 64.7 Å². The molecule has 0 bridgehead atoms. The number of benzene rings is 6. The fourth-order valence-corrected chi connectivity index (χ4v) is 7.82. The van der Waals surface area contributed by atoms with Gasteiger partial charge in [0.05, 0.1) is 5.41 Å². The van der Waals surface area contributed by atoms with Gasteiger partial charge < -0.3 is 0 Å². The van der Waals surface area contributed by atoms with Crippen LogP contribution < -0.4 is 0 Å². The molecule has 0 nitrogen and oxygen atoms in total. The summed E-state index contributed by atoms with van der Waals surface area (Å²) in [6.07, 6.45) is 0. The van der Waals surface area contributed by atoms with Crippen LogP contribution in [0.25, 0.3) is 42.4 Å². The molecule has 1 aromatic heterocycles. The van der Waals surface area contributed by atoms with Crippen molar-refractivity contribution in [1.82, 2.24) is 0 Å². The zero-order valence-electron chi connectivity index (χ0n) is 20.8. The van der Waals surface area contributed by atoms with E-state index in [1.54, 1.807) is 0 Å². The van der Waals surface area contributed by atoms with Crippen LogP contribution in [0.1, 0.15) is 22.3 Å². The SMILES string of the molecule is c1ccc(C2(c3ccccc3)c3ccccc3-c3ccc(-c4cccc5c4sc4ccccc45)cc32)cc1. The molecule has 178 valence electrons. The van der Waals surface area contributed by atoms with E-state index in [9.17, 15) is 0 Å². The van der Waals surface area contributed by atoms with Gasteiger partial charge in [-0.1, -0.05) is 133 Å². The van der Waals surface area contributed by atoms with Crippen LogP contribution in [-0.4, -0.2) is 0 Å². The van der Waals surface area contributed by atoms with Crippen molar-refractivity contribution in [2.24, 2.45) is 0 Å². The predicted molar refractivity (Wildman–Crippen MR) is 162 cm³/mol. The fraction of sp³-hybridized carbons (Fsp3) is 0.0270. The van der Waals surface area contributed by atoms with Crippen molar-refractivity contribution in [3.05, 3.63) is 168 Å². The normalized spacial score (nSPS) is 13.5. The lowest BCUT2D eigenvalue weighted by molar-refractivity contribution is 0.769. The van der Waals surface area contributed by atoms with E-state index < -0.39 is 0 Å². The Balaban J connectivity index is 1.47. The lowest BCUT2D eigenvalue weighted by Crippen LogP contribution is -2.28. The van der Waals surface area contributed by atoms with Crippen molar-refractivity contribution in [3.63, 3.8) is 0 Å². The van der Waals surface area contributed by atoms with Gasteiger partial charge >= 0.3 is 0 Å². The van der Waals surface area contributed by atoms with Crippen LogP contribution in [0.2, 0.25) is 0 Å². The molecule has 1 heterocycles. The quantitative estimate of drug-likeness (QED) is 0.226. The van der Waals surface area contributed by atoms with Crippen molar-refractivity contribution in [2.75, 3.05) is 0 Å². The summed E-state index contributed by atoms with van der Waals surface area (Å²) in [6.45, 7) is 0. The van der Waals surface area contributed by atoms with Gasteiger partial charge in [0.1, 0.15) is 0 Å². The van der Waals surface area contributed by atoms with E-state index >= 15 is 0 Å². The van der Waals surface area contributed by atoms with Crippen LogP contribution in [0.3, 0.4) is 0 Å². The van der Waals surface area contributed by atoms with Crippen LogP contribution in [0, 0.1) is 0 Å². The largest absolute Gasteiger partial charge is 0.135 e. The van der Waals surface area contributed by atoms with E-state index in [0.29, 0.717) is 0 Å². The van der Waals surface area contributed by atoms with Crippen LogP contribution in [-0.2, 0) is 5.41 Å². The van der Waals surface area contributed by atoms with E-state index in [0.717, 1.165) is 0 Å². The van der Waals surface area contributed by atoms with Gasteiger partial charge in [0, 0.05) is 20.2 Å². The van der Waals surface area contributed by atoms with E-state index in [2.05, 4.69) is 146 Å². The third-order valence-corrected chi connectivity index (χ3v) is 9.39. The standard InChI is InChI=1S/C37H24S/c1-3-12-26(13-4-1)37(27-14-5-2-6-15-27)33-20-9-7-16-29(33)30-23-22-25(24-34(30)37)28-18-11-19-32-31-17-8-10-21-35(31)38-36(28)32/h1-24H. The van der Waals surface area contributed by atoms with Crippen molar-refractivity contribution < 1.29 is 0 Å². The summed E-state index contributed by atoms with van der Waals surface area (Å²) in [5, 5.41) is 2.68. The Bertz CT molecular complexity index is 1920. The monoisotopic (exact) mass is 500 g/mol. The van der Waals surface area contributed by atoms with Gasteiger partial charge in [0.2, 0.25) is 0 Å². The van der Waals surface area contributed by atoms with Gasteiger partial charge in [-0.25, -0.2) is 0 Å². The average molecular weight is 501 g/mol. The zero-order valence-corrected chi connectivity index (χ0v) is 21.6. The molecule has 0 saturated heterocycles. The Labute approximate surface area is 226 Å². The fourth-order valence-electron chi connectivity index (χ4n) is 6.59. The summed E-state index contributed by atoms with van der Waals surface area (Å²) in [6, 6.07) is 53.7. The van der Waals surface area contributed by atoms with E-state index in [-0.39, 0.29) is 5.41 Å². The molecule has 0 spiro atoms. The minimum absolute atomic E-state index is 0.376. The Morgan fingerprint density at radius 2 is 1.03 bits per heavy atom. The van der Waals surface area contributed by atoms with Crippen LogP contribution in [0.5, 0.6) is 0 Å². The van der Waals surface area contributed by atoms with Gasteiger partial charge in [-0.05, 0) is 56.6 Å². The first-order valence-corrected chi connectivity index (χ1v) is 13.9. The van der Waals surface area contributed by atoms with Gasteiger partial charge in [-0.15, -0.1) is 11.3 Å². The lowest BCUT2D eigenvalue weighted by atomic mass is 9.67. The van der Waals surface area contributed by atoms with Gasteiger partial charge in [0.25, 0.3) is 0 Å². The summed E-state index contributed by atoms with van der Waals surface area (Å²) in [7, 11) is 0. The molecular formula is C37H24S. The first kappa shape index (κ1) is 21.6. The van der Waals surface area contributed by atoms with Crippen molar-refractivity contribution in [3.8, 4) is 22.3 Å². The molecule has 0 amide bonds. The predicted octanol–water partition coefficient (Wildman–Crippen LogP) is 10.1. The summed E-state index contributed by atoms with van der Waals surface area (Å²) < 4.78 is 2.70. The third-order valence-electron chi connectivity index (χ3n) is 8.17. The molecule has 1 heteroatoms. The molecule has 0 unspecified atom stereocenters. The summed E-state index contributed by atoms with van der Waals surface area (Å²) >= 11 is 1.90. The number of hydrogen-bond donors (Lipinski definition) is 0. The van der Waals surface area contributed by atoms with Crippen molar-refractivity contribution >= 4 is 31.5 Å². The molecule has 0 fully saturated rings. The minimum Gasteiger partial charge on any atom is -0.135 e. The first-order chi connectivity index (χ1) is 18.9. The number of thiophene rings is 1. The highest BCUT2D eigenvalue weighted by Crippen LogP contribution is 2.57. The second kappa shape index (κ2) is 8.28.